The highest BCUT2D eigenvalue weighted by Crippen LogP contribution is 2.43. The summed E-state index contributed by atoms with van der Waals surface area (Å²) in [5, 5.41) is 0.966. The molecule has 4 aromatic rings. The van der Waals surface area contributed by atoms with Crippen molar-refractivity contribution in [3.8, 4) is 5.75 Å². The number of amides is 1. The zero-order valence-electron chi connectivity index (χ0n) is 19.1. The van der Waals surface area contributed by atoms with Gasteiger partial charge in [0, 0.05) is 9.35 Å². The van der Waals surface area contributed by atoms with E-state index in [1.807, 2.05) is 38.1 Å². The SMILES string of the molecule is CCCCOc1cccc(C2c3c(oc4ccc(Br)cc4c3=O)C(=O)N2c2nc(C)c(C)s2)c1. The highest BCUT2D eigenvalue weighted by molar-refractivity contribution is 9.10. The average Bonchev–Trinajstić information content (AvgIpc) is 3.30. The molecule has 34 heavy (non-hydrogen) atoms. The van der Waals surface area contributed by atoms with Gasteiger partial charge >= 0.3 is 0 Å². The molecule has 0 saturated carbocycles. The largest absolute Gasteiger partial charge is 0.494 e. The van der Waals surface area contributed by atoms with Gasteiger partial charge in [-0.1, -0.05) is 41.4 Å². The number of hydrogen-bond acceptors (Lipinski definition) is 6. The number of rotatable bonds is 6. The minimum absolute atomic E-state index is 0.0626. The zero-order chi connectivity index (χ0) is 24.0. The average molecular weight is 539 g/mol. The van der Waals surface area contributed by atoms with Gasteiger partial charge in [0.15, 0.2) is 10.6 Å². The Hall–Kier alpha value is -2.97. The van der Waals surface area contributed by atoms with E-state index in [9.17, 15) is 9.59 Å². The van der Waals surface area contributed by atoms with Gasteiger partial charge in [0.25, 0.3) is 5.91 Å². The summed E-state index contributed by atoms with van der Waals surface area (Å²) in [6.07, 6.45) is 1.98. The van der Waals surface area contributed by atoms with E-state index in [1.54, 1.807) is 23.1 Å². The van der Waals surface area contributed by atoms with E-state index >= 15 is 0 Å². The molecule has 2 aromatic heterocycles. The molecule has 3 heterocycles. The van der Waals surface area contributed by atoms with Crippen LogP contribution in [0.15, 0.2) is 56.1 Å². The second-order valence-electron chi connectivity index (χ2n) is 8.30. The van der Waals surface area contributed by atoms with Crippen LogP contribution in [0.1, 0.15) is 58.1 Å². The van der Waals surface area contributed by atoms with E-state index in [-0.39, 0.29) is 17.1 Å². The van der Waals surface area contributed by atoms with Crippen molar-refractivity contribution < 1.29 is 13.9 Å². The molecule has 0 N–H and O–H groups in total. The monoisotopic (exact) mass is 538 g/mol. The fourth-order valence-corrected chi connectivity index (χ4v) is 5.42. The first kappa shape index (κ1) is 22.8. The van der Waals surface area contributed by atoms with Crippen LogP contribution in [0.25, 0.3) is 11.0 Å². The van der Waals surface area contributed by atoms with Crippen LogP contribution in [-0.2, 0) is 0 Å². The summed E-state index contributed by atoms with van der Waals surface area (Å²) >= 11 is 4.86. The molecule has 0 saturated heterocycles. The lowest BCUT2D eigenvalue weighted by Gasteiger charge is -2.23. The predicted octanol–water partition coefficient (Wildman–Crippen LogP) is 6.56. The van der Waals surface area contributed by atoms with Gasteiger partial charge in [-0.15, -0.1) is 11.3 Å². The second kappa shape index (κ2) is 9.00. The van der Waals surface area contributed by atoms with Crippen LogP contribution in [0.5, 0.6) is 5.75 Å². The molecule has 2 aromatic carbocycles. The van der Waals surface area contributed by atoms with Crippen LogP contribution in [0.3, 0.4) is 0 Å². The van der Waals surface area contributed by atoms with Gasteiger partial charge in [-0.2, -0.15) is 0 Å². The van der Waals surface area contributed by atoms with Crippen LogP contribution < -0.4 is 15.1 Å². The molecule has 1 aliphatic heterocycles. The molecule has 8 heteroatoms. The Morgan fingerprint density at radius 1 is 1.18 bits per heavy atom. The number of halogens is 1. The summed E-state index contributed by atoms with van der Waals surface area (Å²) in [5.41, 5.74) is 2.11. The molecule has 1 aliphatic rings. The van der Waals surface area contributed by atoms with E-state index in [2.05, 4.69) is 27.8 Å². The van der Waals surface area contributed by atoms with Crippen molar-refractivity contribution in [1.29, 1.82) is 0 Å². The van der Waals surface area contributed by atoms with Gasteiger partial charge in [-0.25, -0.2) is 4.98 Å². The number of benzene rings is 2. The minimum Gasteiger partial charge on any atom is -0.494 e. The molecule has 5 rings (SSSR count). The van der Waals surface area contributed by atoms with Crippen molar-refractivity contribution in [2.24, 2.45) is 0 Å². The standard InChI is InChI=1S/C26H23BrN2O4S/c1-4-5-11-32-18-8-6-7-16(12-18)22-21-23(30)19-13-17(27)9-10-20(19)33-24(21)25(31)29(22)26-28-14(2)15(3)34-26/h6-10,12-13,22H,4-5,11H2,1-3H3. The first-order valence-electron chi connectivity index (χ1n) is 11.2. The molecule has 0 spiro atoms. The van der Waals surface area contributed by atoms with Crippen molar-refractivity contribution in [3.63, 3.8) is 0 Å². The Kier molecular flexibility index (Phi) is 6.04. The second-order valence-corrected chi connectivity index (χ2v) is 10.4. The number of unbranched alkanes of at least 4 members (excludes halogenated alkanes) is 1. The van der Waals surface area contributed by atoms with E-state index in [1.165, 1.54) is 11.3 Å². The molecular weight excluding hydrogens is 516 g/mol. The number of fused-ring (bicyclic) bond motifs is 2. The molecule has 0 radical (unpaired) electrons. The molecule has 0 bridgehead atoms. The van der Waals surface area contributed by atoms with Gasteiger partial charge in [0.2, 0.25) is 5.76 Å². The third-order valence-electron chi connectivity index (χ3n) is 6.00. The lowest BCUT2D eigenvalue weighted by Crippen LogP contribution is -2.29. The number of hydrogen-bond donors (Lipinski definition) is 0. The summed E-state index contributed by atoms with van der Waals surface area (Å²) < 4.78 is 12.7. The highest BCUT2D eigenvalue weighted by Gasteiger charge is 2.45. The minimum atomic E-state index is -0.665. The maximum Gasteiger partial charge on any atom is 0.297 e. The maximum absolute atomic E-state index is 13.7. The van der Waals surface area contributed by atoms with E-state index in [0.29, 0.717) is 34.0 Å². The van der Waals surface area contributed by atoms with Crippen LogP contribution in [0.2, 0.25) is 0 Å². The van der Waals surface area contributed by atoms with Crippen molar-refractivity contribution in [2.75, 3.05) is 11.5 Å². The predicted molar refractivity (Wildman–Crippen MR) is 137 cm³/mol. The van der Waals surface area contributed by atoms with E-state index in [0.717, 1.165) is 33.4 Å². The summed E-state index contributed by atoms with van der Waals surface area (Å²) in [6, 6.07) is 12.1. The number of carbonyl (C=O) groups excluding carboxylic acids is 1. The smallest absolute Gasteiger partial charge is 0.297 e. The number of ether oxygens (including phenoxy) is 1. The Morgan fingerprint density at radius 3 is 2.74 bits per heavy atom. The van der Waals surface area contributed by atoms with Crippen molar-refractivity contribution in [1.82, 2.24) is 4.98 Å². The molecule has 1 atom stereocenters. The van der Waals surface area contributed by atoms with Crippen LogP contribution in [-0.4, -0.2) is 17.5 Å². The summed E-state index contributed by atoms with van der Waals surface area (Å²) in [6.45, 7) is 6.60. The molecule has 1 amide bonds. The van der Waals surface area contributed by atoms with Gasteiger partial charge in [-0.3, -0.25) is 14.5 Å². The Balaban J connectivity index is 1.72. The lowest BCUT2D eigenvalue weighted by atomic mass is 9.98. The van der Waals surface area contributed by atoms with Crippen LogP contribution >= 0.6 is 27.3 Å². The summed E-state index contributed by atoms with van der Waals surface area (Å²) in [5.74, 6) is 0.395. The Labute approximate surface area is 209 Å². The Morgan fingerprint density at radius 2 is 2.00 bits per heavy atom. The third kappa shape index (κ3) is 3.84. The van der Waals surface area contributed by atoms with E-state index in [4.69, 9.17) is 9.15 Å². The quantitative estimate of drug-likeness (QED) is 0.260. The molecule has 6 nitrogen and oxygen atoms in total. The summed E-state index contributed by atoms with van der Waals surface area (Å²) in [4.78, 5) is 34.7. The lowest BCUT2D eigenvalue weighted by molar-refractivity contribution is 0.0971. The number of carbonyl (C=O) groups is 1. The normalized spacial score (nSPS) is 15.2. The first-order chi connectivity index (χ1) is 16.4. The van der Waals surface area contributed by atoms with Gasteiger partial charge in [0.05, 0.1) is 29.3 Å². The number of nitrogens with zero attached hydrogens (tertiary/aromatic N) is 2. The zero-order valence-corrected chi connectivity index (χ0v) is 21.5. The number of anilines is 1. The number of aryl methyl sites for hydroxylation is 2. The van der Waals surface area contributed by atoms with E-state index < -0.39 is 6.04 Å². The number of thiazole rings is 1. The summed E-state index contributed by atoms with van der Waals surface area (Å²) in [7, 11) is 0. The molecule has 0 fully saturated rings. The van der Waals surface area contributed by atoms with Crippen molar-refractivity contribution in [2.45, 2.75) is 39.7 Å². The Bertz CT molecular complexity index is 1460. The molecule has 1 unspecified atom stereocenters. The third-order valence-corrected chi connectivity index (χ3v) is 7.56. The topological polar surface area (TPSA) is 72.6 Å². The fourth-order valence-electron chi connectivity index (χ4n) is 4.13. The number of aromatic nitrogens is 1. The molecule has 174 valence electrons. The van der Waals surface area contributed by atoms with Crippen LogP contribution in [0, 0.1) is 13.8 Å². The van der Waals surface area contributed by atoms with Crippen LogP contribution in [0.4, 0.5) is 5.13 Å². The van der Waals surface area contributed by atoms with Crippen molar-refractivity contribution in [3.05, 3.63) is 84.6 Å². The first-order valence-corrected chi connectivity index (χ1v) is 12.8. The molecular formula is C26H23BrN2O4S. The van der Waals surface area contributed by atoms with Crippen molar-refractivity contribution >= 4 is 49.3 Å². The fraction of sp³-hybridized carbons (Fsp3) is 0.269. The van der Waals surface area contributed by atoms with Gasteiger partial charge < -0.3 is 9.15 Å². The maximum atomic E-state index is 13.7. The van der Waals surface area contributed by atoms with Gasteiger partial charge in [0.1, 0.15) is 11.3 Å². The molecule has 0 aliphatic carbocycles. The van der Waals surface area contributed by atoms with Gasteiger partial charge in [-0.05, 0) is 56.2 Å². The highest BCUT2D eigenvalue weighted by atomic mass is 79.9.